The second-order valence-electron chi connectivity index (χ2n) is 5.37. The van der Waals surface area contributed by atoms with Crippen LogP contribution in [-0.2, 0) is 0 Å². The summed E-state index contributed by atoms with van der Waals surface area (Å²) in [6.45, 7) is 1.93. The molecule has 1 aliphatic rings. The summed E-state index contributed by atoms with van der Waals surface area (Å²) >= 11 is 0. The Hall–Kier alpha value is -2.11. The normalized spacial score (nSPS) is 19.1. The molecule has 3 rings (SSSR count). The van der Waals surface area contributed by atoms with Crippen LogP contribution >= 0.6 is 0 Å². The summed E-state index contributed by atoms with van der Waals surface area (Å²) in [6.07, 6.45) is 7.83. The van der Waals surface area contributed by atoms with E-state index in [4.69, 9.17) is 0 Å². The topological polar surface area (TPSA) is 60.9 Å². The third-order valence-corrected chi connectivity index (χ3v) is 3.70. The Labute approximate surface area is 118 Å². The van der Waals surface area contributed by atoms with E-state index in [0.29, 0.717) is 5.92 Å². The van der Waals surface area contributed by atoms with Gasteiger partial charge in [0.15, 0.2) is 0 Å². The highest BCUT2D eigenvalue weighted by atomic mass is 15.3. The molecule has 1 aliphatic heterocycles. The fourth-order valence-corrected chi connectivity index (χ4v) is 2.62. The minimum atomic E-state index is 0.436. The van der Waals surface area contributed by atoms with Crippen LogP contribution in [0.15, 0.2) is 24.7 Å². The van der Waals surface area contributed by atoms with E-state index in [1.165, 1.54) is 0 Å². The maximum absolute atomic E-state index is 4.62. The van der Waals surface area contributed by atoms with Crippen molar-refractivity contribution in [3.63, 3.8) is 0 Å². The maximum atomic E-state index is 4.62. The lowest BCUT2D eigenvalue weighted by Gasteiger charge is -2.32. The van der Waals surface area contributed by atoms with Gasteiger partial charge in [-0.1, -0.05) is 0 Å². The Bertz CT molecular complexity index is 551. The number of H-pyrrole nitrogens is 1. The van der Waals surface area contributed by atoms with Crippen molar-refractivity contribution in [2.45, 2.75) is 18.8 Å². The number of hydrogen-bond acceptors (Lipinski definition) is 5. The summed E-state index contributed by atoms with van der Waals surface area (Å²) in [6, 6.07) is 1.93. The van der Waals surface area contributed by atoms with Gasteiger partial charge in [-0.05, 0) is 18.9 Å². The summed E-state index contributed by atoms with van der Waals surface area (Å²) in [7, 11) is 3.99. The molecule has 0 aliphatic carbocycles. The minimum absolute atomic E-state index is 0.436. The summed E-state index contributed by atoms with van der Waals surface area (Å²) < 4.78 is 0. The minimum Gasteiger partial charge on any atom is -0.363 e. The number of nitrogens with zero attached hydrogens (tertiary/aromatic N) is 5. The number of nitrogens with one attached hydrogen (secondary N) is 1. The first-order chi connectivity index (χ1) is 9.74. The van der Waals surface area contributed by atoms with Crippen LogP contribution in [0.25, 0.3) is 0 Å². The van der Waals surface area contributed by atoms with Crippen LogP contribution in [0, 0.1) is 0 Å². The van der Waals surface area contributed by atoms with Crippen molar-refractivity contribution >= 4 is 11.8 Å². The summed E-state index contributed by atoms with van der Waals surface area (Å²) in [5.74, 6) is 3.26. The smallest absolute Gasteiger partial charge is 0.227 e. The zero-order chi connectivity index (χ0) is 13.9. The van der Waals surface area contributed by atoms with Crippen LogP contribution in [0.5, 0.6) is 0 Å². The van der Waals surface area contributed by atoms with Gasteiger partial charge in [0.25, 0.3) is 0 Å². The van der Waals surface area contributed by atoms with E-state index in [1.54, 1.807) is 0 Å². The maximum Gasteiger partial charge on any atom is 0.227 e. The van der Waals surface area contributed by atoms with Gasteiger partial charge in [0, 0.05) is 51.7 Å². The molecule has 2 aromatic heterocycles. The number of aromatic nitrogens is 4. The second-order valence-corrected chi connectivity index (χ2v) is 5.37. The molecule has 1 saturated heterocycles. The van der Waals surface area contributed by atoms with Crippen molar-refractivity contribution < 1.29 is 0 Å². The zero-order valence-corrected chi connectivity index (χ0v) is 12.0. The Morgan fingerprint density at radius 2 is 2.20 bits per heavy atom. The van der Waals surface area contributed by atoms with E-state index >= 15 is 0 Å². The lowest BCUT2D eigenvalue weighted by molar-refractivity contribution is 0.488. The molecule has 6 nitrogen and oxygen atoms in total. The number of hydrogen-bond donors (Lipinski definition) is 1. The van der Waals surface area contributed by atoms with Crippen molar-refractivity contribution in [3.8, 4) is 0 Å². The molecule has 1 unspecified atom stereocenters. The first-order valence-corrected chi connectivity index (χ1v) is 6.98. The van der Waals surface area contributed by atoms with Crippen LogP contribution in [0.2, 0.25) is 0 Å². The molecule has 0 radical (unpaired) electrons. The van der Waals surface area contributed by atoms with Gasteiger partial charge in [-0.25, -0.2) is 9.97 Å². The highest BCUT2D eigenvalue weighted by Gasteiger charge is 2.24. The summed E-state index contributed by atoms with van der Waals surface area (Å²) in [5.41, 5.74) is 0. The molecule has 0 saturated carbocycles. The molecule has 20 heavy (non-hydrogen) atoms. The number of anilines is 2. The van der Waals surface area contributed by atoms with Crippen molar-refractivity contribution in [2.75, 3.05) is 37.0 Å². The number of imidazole rings is 1. The Balaban J connectivity index is 1.78. The average Bonchev–Trinajstić information content (AvgIpc) is 3.02. The van der Waals surface area contributed by atoms with Gasteiger partial charge in [-0.3, -0.25) is 0 Å². The molecule has 106 valence electrons. The number of piperidine rings is 1. The van der Waals surface area contributed by atoms with Gasteiger partial charge in [0.05, 0.1) is 0 Å². The van der Waals surface area contributed by atoms with Crippen molar-refractivity contribution in [1.82, 2.24) is 19.9 Å². The van der Waals surface area contributed by atoms with Gasteiger partial charge in [-0.15, -0.1) is 0 Å². The van der Waals surface area contributed by atoms with E-state index in [2.05, 4.69) is 24.8 Å². The highest BCUT2D eigenvalue weighted by Crippen LogP contribution is 2.26. The first-order valence-electron chi connectivity index (χ1n) is 6.98. The molecule has 1 fully saturated rings. The van der Waals surface area contributed by atoms with Gasteiger partial charge in [-0.2, -0.15) is 4.98 Å². The fourth-order valence-electron chi connectivity index (χ4n) is 2.62. The molecule has 1 atom stereocenters. The zero-order valence-electron chi connectivity index (χ0n) is 12.0. The summed E-state index contributed by atoms with van der Waals surface area (Å²) in [4.78, 5) is 20.9. The molecule has 6 heteroatoms. The Morgan fingerprint density at radius 3 is 2.95 bits per heavy atom. The van der Waals surface area contributed by atoms with E-state index in [1.807, 2.05) is 43.7 Å². The molecule has 0 amide bonds. The SMILES string of the molecule is CN(C)c1ccnc(N2CCCC(c3ncc[nH]3)C2)n1. The highest BCUT2D eigenvalue weighted by molar-refractivity contribution is 5.43. The molecule has 2 aromatic rings. The molecular weight excluding hydrogens is 252 g/mol. The third kappa shape index (κ3) is 2.59. The van der Waals surface area contributed by atoms with Gasteiger partial charge in [0.2, 0.25) is 5.95 Å². The molecule has 0 bridgehead atoms. The van der Waals surface area contributed by atoms with Crippen molar-refractivity contribution in [2.24, 2.45) is 0 Å². The first kappa shape index (κ1) is 12.9. The lowest BCUT2D eigenvalue weighted by Crippen LogP contribution is -2.36. The predicted molar refractivity (Wildman–Crippen MR) is 79.1 cm³/mol. The lowest BCUT2D eigenvalue weighted by atomic mass is 9.98. The van der Waals surface area contributed by atoms with E-state index in [9.17, 15) is 0 Å². The van der Waals surface area contributed by atoms with Crippen LogP contribution < -0.4 is 9.80 Å². The predicted octanol–water partition coefficient (Wildman–Crippen LogP) is 1.65. The van der Waals surface area contributed by atoms with E-state index in [-0.39, 0.29) is 0 Å². The molecule has 0 aromatic carbocycles. The fraction of sp³-hybridized carbons (Fsp3) is 0.500. The molecule has 0 spiro atoms. The van der Waals surface area contributed by atoms with E-state index < -0.39 is 0 Å². The van der Waals surface area contributed by atoms with Crippen LogP contribution in [0.1, 0.15) is 24.6 Å². The average molecular weight is 272 g/mol. The number of rotatable bonds is 3. The quantitative estimate of drug-likeness (QED) is 0.920. The molecule has 3 heterocycles. The van der Waals surface area contributed by atoms with Gasteiger partial charge < -0.3 is 14.8 Å². The van der Waals surface area contributed by atoms with Gasteiger partial charge >= 0.3 is 0 Å². The Kier molecular flexibility index (Phi) is 3.54. The second kappa shape index (κ2) is 5.48. The number of aromatic amines is 1. The molecule has 1 N–H and O–H groups in total. The van der Waals surface area contributed by atoms with Crippen molar-refractivity contribution in [3.05, 3.63) is 30.5 Å². The summed E-state index contributed by atoms with van der Waals surface area (Å²) in [5, 5.41) is 0. The van der Waals surface area contributed by atoms with Crippen LogP contribution in [0.4, 0.5) is 11.8 Å². The van der Waals surface area contributed by atoms with Crippen molar-refractivity contribution in [1.29, 1.82) is 0 Å². The standard InChI is InChI=1S/C14H20N6/c1-19(2)12-5-6-17-14(18-12)20-9-3-4-11(10-20)13-15-7-8-16-13/h5-8,11H,3-4,9-10H2,1-2H3,(H,15,16). The van der Waals surface area contributed by atoms with E-state index in [0.717, 1.165) is 43.5 Å². The van der Waals surface area contributed by atoms with Crippen LogP contribution in [-0.4, -0.2) is 47.1 Å². The largest absolute Gasteiger partial charge is 0.363 e. The third-order valence-electron chi connectivity index (χ3n) is 3.70. The Morgan fingerprint density at radius 1 is 1.30 bits per heavy atom. The monoisotopic (exact) mass is 272 g/mol. The van der Waals surface area contributed by atoms with Gasteiger partial charge in [0.1, 0.15) is 11.6 Å². The molecular formula is C14H20N6. The van der Waals surface area contributed by atoms with Crippen LogP contribution in [0.3, 0.4) is 0 Å².